The van der Waals surface area contributed by atoms with Crippen LogP contribution < -0.4 is 0 Å². The second-order valence-electron chi connectivity index (χ2n) is 7.59. The summed E-state index contributed by atoms with van der Waals surface area (Å²) in [4.78, 5) is 38.7. The molecule has 0 N–H and O–H groups in total. The predicted octanol–water partition coefficient (Wildman–Crippen LogP) is 5.71. The molecule has 7 heteroatoms. The van der Waals surface area contributed by atoms with E-state index < -0.39 is 5.97 Å². The van der Waals surface area contributed by atoms with Gasteiger partial charge >= 0.3 is 5.97 Å². The molecule has 2 heterocycles. The van der Waals surface area contributed by atoms with Crippen LogP contribution >= 0.6 is 11.8 Å². The van der Waals surface area contributed by atoms with Gasteiger partial charge in [-0.2, -0.15) is 0 Å². The highest BCUT2D eigenvalue weighted by Gasteiger charge is 2.34. The quantitative estimate of drug-likeness (QED) is 0.331. The van der Waals surface area contributed by atoms with Crippen molar-refractivity contribution >= 4 is 35.0 Å². The molecule has 1 aromatic heterocycles. The van der Waals surface area contributed by atoms with Crippen molar-refractivity contribution in [3.05, 3.63) is 88.0 Å². The number of aryl methyl sites for hydroxylation is 1. The van der Waals surface area contributed by atoms with Crippen molar-refractivity contribution in [3.63, 3.8) is 0 Å². The molecule has 0 unspecified atom stereocenters. The van der Waals surface area contributed by atoms with E-state index in [1.54, 1.807) is 30.3 Å². The maximum absolute atomic E-state index is 12.8. The van der Waals surface area contributed by atoms with Crippen LogP contribution in [0, 0.1) is 6.92 Å². The monoisotopic (exact) mass is 461 g/mol. The first-order valence-corrected chi connectivity index (χ1v) is 11.4. The Labute approximate surface area is 196 Å². The summed E-state index contributed by atoms with van der Waals surface area (Å²) < 4.78 is 10.7. The number of hydrogen-bond donors (Lipinski definition) is 0. The SMILES string of the molecule is COC(=O)c1cccc(-c2ccc(/C=C3/SC(=O)N(CCCc4ccccc4)C3=O)o2)c1C. The highest BCUT2D eigenvalue weighted by molar-refractivity contribution is 8.18. The summed E-state index contributed by atoms with van der Waals surface area (Å²) in [5, 5.41) is -0.271. The van der Waals surface area contributed by atoms with E-state index in [4.69, 9.17) is 9.15 Å². The number of carbonyl (C=O) groups is 3. The van der Waals surface area contributed by atoms with E-state index in [9.17, 15) is 14.4 Å². The summed E-state index contributed by atoms with van der Waals surface area (Å²) in [5.41, 5.74) is 3.13. The van der Waals surface area contributed by atoms with Crippen molar-refractivity contribution in [1.29, 1.82) is 0 Å². The minimum atomic E-state index is -0.415. The number of benzene rings is 2. The molecule has 0 saturated carbocycles. The highest BCUT2D eigenvalue weighted by atomic mass is 32.2. The molecule has 6 nitrogen and oxygen atoms in total. The molecule has 33 heavy (non-hydrogen) atoms. The van der Waals surface area contributed by atoms with Gasteiger partial charge in [-0.05, 0) is 60.9 Å². The molecule has 0 bridgehead atoms. The Morgan fingerprint density at radius 3 is 2.61 bits per heavy atom. The first kappa shape index (κ1) is 22.6. The molecule has 1 fully saturated rings. The number of amides is 2. The predicted molar refractivity (Wildman–Crippen MR) is 128 cm³/mol. The summed E-state index contributed by atoms with van der Waals surface area (Å²) in [6, 6.07) is 18.8. The van der Waals surface area contributed by atoms with E-state index in [0.717, 1.165) is 29.3 Å². The number of thioether (sulfide) groups is 1. The van der Waals surface area contributed by atoms with Gasteiger partial charge in [0.15, 0.2) is 0 Å². The Hall–Kier alpha value is -3.58. The van der Waals surface area contributed by atoms with Crippen LogP contribution in [0.5, 0.6) is 0 Å². The summed E-state index contributed by atoms with van der Waals surface area (Å²) in [5.74, 6) is 0.302. The first-order chi connectivity index (χ1) is 16.0. The van der Waals surface area contributed by atoms with Crippen molar-refractivity contribution in [1.82, 2.24) is 4.90 Å². The van der Waals surface area contributed by atoms with Crippen LogP contribution in [0.15, 0.2) is 70.0 Å². The zero-order valence-corrected chi connectivity index (χ0v) is 19.2. The molecule has 0 radical (unpaired) electrons. The van der Waals surface area contributed by atoms with Crippen molar-refractivity contribution in [2.45, 2.75) is 19.8 Å². The molecule has 2 amide bonds. The number of imide groups is 1. The average Bonchev–Trinajstić information content (AvgIpc) is 3.39. The van der Waals surface area contributed by atoms with E-state index >= 15 is 0 Å². The van der Waals surface area contributed by atoms with Gasteiger partial charge in [0.2, 0.25) is 0 Å². The maximum atomic E-state index is 12.8. The van der Waals surface area contributed by atoms with Crippen LogP contribution in [0.3, 0.4) is 0 Å². The fourth-order valence-corrected chi connectivity index (χ4v) is 4.56. The molecule has 1 saturated heterocycles. The lowest BCUT2D eigenvalue weighted by molar-refractivity contribution is -0.122. The average molecular weight is 462 g/mol. The summed E-state index contributed by atoms with van der Waals surface area (Å²) >= 11 is 0.918. The van der Waals surface area contributed by atoms with Crippen molar-refractivity contribution in [2.75, 3.05) is 13.7 Å². The summed E-state index contributed by atoms with van der Waals surface area (Å²) in [7, 11) is 1.34. The largest absolute Gasteiger partial charge is 0.465 e. The number of hydrogen-bond acceptors (Lipinski definition) is 6. The minimum Gasteiger partial charge on any atom is -0.465 e. The zero-order chi connectivity index (χ0) is 23.4. The van der Waals surface area contributed by atoms with Gasteiger partial charge in [0.05, 0.1) is 17.6 Å². The topological polar surface area (TPSA) is 76.8 Å². The Morgan fingerprint density at radius 1 is 1.06 bits per heavy atom. The van der Waals surface area contributed by atoms with E-state index in [1.165, 1.54) is 17.6 Å². The van der Waals surface area contributed by atoms with Gasteiger partial charge in [0.25, 0.3) is 11.1 Å². The van der Waals surface area contributed by atoms with E-state index in [2.05, 4.69) is 0 Å². The van der Waals surface area contributed by atoms with Gasteiger partial charge in [-0.1, -0.05) is 42.5 Å². The molecule has 0 aliphatic carbocycles. The molecule has 1 aliphatic heterocycles. The van der Waals surface area contributed by atoms with Crippen LogP contribution in [0.2, 0.25) is 0 Å². The van der Waals surface area contributed by atoms with Crippen LogP contribution in [0.1, 0.15) is 33.7 Å². The van der Waals surface area contributed by atoms with Gasteiger partial charge < -0.3 is 9.15 Å². The minimum absolute atomic E-state index is 0.271. The van der Waals surface area contributed by atoms with Crippen LogP contribution in [-0.2, 0) is 16.0 Å². The number of methoxy groups -OCH3 is 1. The third kappa shape index (κ3) is 4.93. The van der Waals surface area contributed by atoms with Crippen LogP contribution in [-0.4, -0.2) is 35.7 Å². The number of esters is 1. The number of carbonyl (C=O) groups excluding carboxylic acids is 3. The summed E-state index contributed by atoms with van der Waals surface area (Å²) in [6.45, 7) is 2.20. The molecular weight excluding hydrogens is 438 g/mol. The highest BCUT2D eigenvalue weighted by Crippen LogP contribution is 2.34. The maximum Gasteiger partial charge on any atom is 0.338 e. The van der Waals surface area contributed by atoms with Crippen molar-refractivity contribution in [2.24, 2.45) is 0 Å². The number of nitrogens with zero attached hydrogens (tertiary/aromatic N) is 1. The first-order valence-electron chi connectivity index (χ1n) is 10.6. The lowest BCUT2D eigenvalue weighted by Crippen LogP contribution is -2.29. The Bertz CT molecular complexity index is 1230. The normalized spacial score (nSPS) is 14.8. The van der Waals surface area contributed by atoms with Gasteiger partial charge in [-0.25, -0.2) is 4.79 Å². The smallest absolute Gasteiger partial charge is 0.338 e. The van der Waals surface area contributed by atoms with E-state index in [1.807, 2.05) is 43.3 Å². The Kier molecular flexibility index (Phi) is 6.79. The van der Waals surface area contributed by atoms with Crippen molar-refractivity contribution < 1.29 is 23.5 Å². The fourth-order valence-electron chi connectivity index (χ4n) is 3.72. The molecule has 0 atom stereocenters. The molecule has 4 rings (SSSR count). The third-order valence-electron chi connectivity index (χ3n) is 5.47. The van der Waals surface area contributed by atoms with Gasteiger partial charge in [-0.15, -0.1) is 0 Å². The van der Waals surface area contributed by atoms with E-state index in [0.29, 0.717) is 35.0 Å². The third-order valence-corrected chi connectivity index (χ3v) is 6.38. The van der Waals surface area contributed by atoms with Crippen LogP contribution in [0.4, 0.5) is 4.79 Å². The summed E-state index contributed by atoms with van der Waals surface area (Å²) in [6.07, 6.45) is 3.09. The van der Waals surface area contributed by atoms with Gasteiger partial charge in [-0.3, -0.25) is 14.5 Å². The lowest BCUT2D eigenvalue weighted by atomic mass is 10.0. The van der Waals surface area contributed by atoms with Gasteiger partial charge in [0, 0.05) is 18.2 Å². The van der Waals surface area contributed by atoms with Gasteiger partial charge in [0.1, 0.15) is 11.5 Å². The standard InChI is InChI=1S/C26H23NO5S/c1-17-20(11-6-12-21(17)25(29)31-2)22-14-13-19(32-22)16-23-24(28)27(26(30)33-23)15-7-10-18-8-4-3-5-9-18/h3-6,8-9,11-14,16H,7,10,15H2,1-2H3/b23-16+. The molecule has 1 aliphatic rings. The Balaban J connectivity index is 1.46. The number of furan rings is 1. The number of ether oxygens (including phenoxy) is 1. The molecule has 168 valence electrons. The van der Waals surface area contributed by atoms with Crippen LogP contribution in [0.25, 0.3) is 17.4 Å². The molecule has 0 spiro atoms. The van der Waals surface area contributed by atoms with Crippen molar-refractivity contribution in [3.8, 4) is 11.3 Å². The molecule has 3 aromatic rings. The lowest BCUT2D eigenvalue weighted by Gasteiger charge is -2.11. The molecule has 2 aromatic carbocycles. The van der Waals surface area contributed by atoms with E-state index in [-0.39, 0.29) is 11.1 Å². The zero-order valence-electron chi connectivity index (χ0n) is 18.4. The second-order valence-corrected chi connectivity index (χ2v) is 8.59. The fraction of sp³-hybridized carbons (Fsp3) is 0.192. The second kappa shape index (κ2) is 9.92. The number of rotatable bonds is 7. The molecular formula is C26H23NO5S. The Morgan fingerprint density at radius 2 is 1.85 bits per heavy atom.